The van der Waals surface area contributed by atoms with Crippen molar-refractivity contribution in [2.24, 2.45) is 0 Å². The summed E-state index contributed by atoms with van der Waals surface area (Å²) in [5.41, 5.74) is -1.42. The molecular formula is C13H6ClF4N3O. The molecule has 2 heterocycles. The topological polar surface area (TPSA) is 50.8 Å². The van der Waals surface area contributed by atoms with Crippen LogP contribution in [0.15, 0.2) is 30.6 Å². The summed E-state index contributed by atoms with van der Waals surface area (Å²) in [7, 11) is 0. The number of alkyl halides is 3. The predicted molar refractivity (Wildman–Crippen MR) is 70.4 cm³/mol. The highest BCUT2D eigenvalue weighted by molar-refractivity contribution is 6.30. The first-order valence-corrected chi connectivity index (χ1v) is 6.25. The standard InChI is InChI=1S/C13H6ClF4N3O/c14-6-1-7(15)3-8(2-6)22-10-5-19-12(13(16,17)18)11-9(10)4-20-21-11/h1-5H,(H,20,21). The van der Waals surface area contributed by atoms with Crippen LogP contribution in [0, 0.1) is 5.82 Å². The summed E-state index contributed by atoms with van der Waals surface area (Å²) in [6, 6.07) is 3.45. The molecule has 1 aromatic carbocycles. The van der Waals surface area contributed by atoms with E-state index in [0.717, 1.165) is 18.3 Å². The first-order chi connectivity index (χ1) is 10.3. The minimum absolute atomic E-state index is 0.00147. The predicted octanol–water partition coefficient (Wildman–Crippen LogP) is 4.56. The fraction of sp³-hybridized carbons (Fsp3) is 0.0769. The molecule has 4 nitrogen and oxygen atoms in total. The molecule has 0 saturated carbocycles. The molecule has 2 aromatic heterocycles. The van der Waals surface area contributed by atoms with E-state index in [4.69, 9.17) is 16.3 Å². The van der Waals surface area contributed by atoms with Crippen LogP contribution >= 0.6 is 11.6 Å². The van der Waals surface area contributed by atoms with Gasteiger partial charge in [0.15, 0.2) is 11.4 Å². The first-order valence-electron chi connectivity index (χ1n) is 5.88. The van der Waals surface area contributed by atoms with Crippen LogP contribution < -0.4 is 4.74 Å². The molecule has 0 aliphatic heterocycles. The summed E-state index contributed by atoms with van der Waals surface area (Å²) in [6.45, 7) is 0. The van der Waals surface area contributed by atoms with Gasteiger partial charge in [0.05, 0.1) is 23.3 Å². The number of nitrogens with zero attached hydrogens (tertiary/aromatic N) is 2. The highest BCUT2D eigenvalue weighted by Crippen LogP contribution is 2.37. The van der Waals surface area contributed by atoms with Gasteiger partial charge in [-0.15, -0.1) is 0 Å². The quantitative estimate of drug-likeness (QED) is 0.700. The largest absolute Gasteiger partial charge is 0.455 e. The van der Waals surface area contributed by atoms with Crippen molar-refractivity contribution in [2.45, 2.75) is 6.18 Å². The van der Waals surface area contributed by atoms with Crippen molar-refractivity contribution in [3.63, 3.8) is 0 Å². The molecule has 3 aromatic rings. The maximum absolute atomic E-state index is 13.3. The monoisotopic (exact) mass is 331 g/mol. The van der Waals surface area contributed by atoms with Crippen molar-refractivity contribution >= 4 is 22.5 Å². The molecular weight excluding hydrogens is 326 g/mol. The average Bonchev–Trinajstić information content (AvgIpc) is 2.85. The molecule has 22 heavy (non-hydrogen) atoms. The number of aromatic amines is 1. The Labute approximate surface area is 125 Å². The molecule has 1 N–H and O–H groups in total. The van der Waals surface area contributed by atoms with Crippen LogP contribution in [-0.2, 0) is 6.18 Å². The van der Waals surface area contributed by atoms with Crippen LogP contribution in [-0.4, -0.2) is 15.2 Å². The number of hydrogen-bond donors (Lipinski definition) is 1. The fourth-order valence-corrected chi connectivity index (χ4v) is 2.13. The van der Waals surface area contributed by atoms with Crippen LogP contribution in [0.4, 0.5) is 17.6 Å². The Morgan fingerprint density at radius 1 is 1.14 bits per heavy atom. The molecule has 9 heteroatoms. The highest BCUT2D eigenvalue weighted by atomic mass is 35.5. The Morgan fingerprint density at radius 2 is 1.91 bits per heavy atom. The number of hydrogen-bond acceptors (Lipinski definition) is 3. The van der Waals surface area contributed by atoms with Gasteiger partial charge in [-0.25, -0.2) is 9.37 Å². The molecule has 0 amide bonds. The number of aromatic nitrogens is 3. The van der Waals surface area contributed by atoms with Crippen molar-refractivity contribution in [1.82, 2.24) is 15.2 Å². The number of ether oxygens (including phenoxy) is 1. The second kappa shape index (κ2) is 5.13. The number of H-pyrrole nitrogens is 1. The average molecular weight is 332 g/mol. The summed E-state index contributed by atoms with van der Waals surface area (Å²) in [5.74, 6) is -0.599. The Hall–Kier alpha value is -2.35. The Morgan fingerprint density at radius 3 is 2.59 bits per heavy atom. The Bertz CT molecular complexity index is 827. The van der Waals surface area contributed by atoms with Crippen molar-refractivity contribution in [3.05, 3.63) is 47.1 Å². The van der Waals surface area contributed by atoms with E-state index in [0.29, 0.717) is 0 Å². The molecule has 0 aliphatic rings. The van der Waals surface area contributed by atoms with Crippen molar-refractivity contribution < 1.29 is 22.3 Å². The molecule has 114 valence electrons. The number of halogens is 5. The van der Waals surface area contributed by atoms with Crippen molar-refractivity contribution in [2.75, 3.05) is 0 Å². The van der Waals surface area contributed by atoms with Gasteiger partial charge in [0.25, 0.3) is 0 Å². The van der Waals surface area contributed by atoms with Crippen LogP contribution in [0.2, 0.25) is 5.02 Å². The van der Waals surface area contributed by atoms with Gasteiger partial charge >= 0.3 is 6.18 Å². The van der Waals surface area contributed by atoms with Gasteiger partial charge in [0, 0.05) is 11.1 Å². The lowest BCUT2D eigenvalue weighted by atomic mass is 10.2. The zero-order valence-electron chi connectivity index (χ0n) is 10.6. The number of nitrogens with one attached hydrogen (secondary N) is 1. The number of benzene rings is 1. The van der Waals surface area contributed by atoms with E-state index in [9.17, 15) is 17.6 Å². The van der Waals surface area contributed by atoms with Crippen molar-refractivity contribution in [1.29, 1.82) is 0 Å². The molecule has 0 spiro atoms. The van der Waals surface area contributed by atoms with E-state index in [2.05, 4.69) is 15.2 Å². The summed E-state index contributed by atoms with van der Waals surface area (Å²) >= 11 is 5.70. The van der Waals surface area contributed by atoms with Crippen molar-refractivity contribution in [3.8, 4) is 11.5 Å². The van der Waals surface area contributed by atoms with E-state index in [1.54, 1.807) is 0 Å². The number of rotatable bonds is 2. The van der Waals surface area contributed by atoms with Gasteiger partial charge in [-0.05, 0) is 12.1 Å². The SMILES string of the molecule is Fc1cc(Cl)cc(Oc2cnc(C(F)(F)F)c3[nH]ncc23)c1. The molecule has 0 radical (unpaired) electrons. The molecule has 0 saturated heterocycles. The third kappa shape index (κ3) is 2.69. The molecule has 0 aliphatic carbocycles. The third-order valence-corrected chi connectivity index (χ3v) is 3.00. The van der Waals surface area contributed by atoms with E-state index in [1.807, 2.05) is 0 Å². The second-order valence-electron chi connectivity index (χ2n) is 4.33. The number of pyridine rings is 1. The highest BCUT2D eigenvalue weighted by Gasteiger charge is 2.36. The molecule has 3 rings (SSSR count). The van der Waals surface area contributed by atoms with E-state index >= 15 is 0 Å². The van der Waals surface area contributed by atoms with E-state index < -0.39 is 17.7 Å². The minimum atomic E-state index is -4.63. The first kappa shape index (κ1) is 14.6. The molecule has 0 atom stereocenters. The molecule has 0 bridgehead atoms. The maximum atomic E-state index is 13.3. The smallest absolute Gasteiger partial charge is 0.435 e. The van der Waals surface area contributed by atoms with Crippen LogP contribution in [0.5, 0.6) is 11.5 Å². The summed E-state index contributed by atoms with van der Waals surface area (Å²) in [6.07, 6.45) is -2.56. The van der Waals surface area contributed by atoms with Crippen LogP contribution in [0.3, 0.4) is 0 Å². The number of fused-ring (bicyclic) bond motifs is 1. The van der Waals surface area contributed by atoms with Gasteiger partial charge in [0.1, 0.15) is 11.6 Å². The lowest BCUT2D eigenvalue weighted by Gasteiger charge is -2.10. The lowest BCUT2D eigenvalue weighted by Crippen LogP contribution is -2.09. The molecule has 0 fully saturated rings. The van der Waals surface area contributed by atoms with Gasteiger partial charge in [-0.1, -0.05) is 11.6 Å². The normalized spacial score (nSPS) is 11.9. The Balaban J connectivity index is 2.07. The van der Waals surface area contributed by atoms with E-state index in [-0.39, 0.29) is 27.4 Å². The summed E-state index contributed by atoms with van der Waals surface area (Å²) in [4.78, 5) is 3.34. The lowest BCUT2D eigenvalue weighted by molar-refractivity contribution is -0.139. The van der Waals surface area contributed by atoms with Gasteiger partial charge in [-0.3, -0.25) is 5.10 Å². The zero-order chi connectivity index (χ0) is 15.9. The minimum Gasteiger partial charge on any atom is -0.455 e. The van der Waals surface area contributed by atoms with Gasteiger partial charge in [0.2, 0.25) is 0 Å². The van der Waals surface area contributed by atoms with Gasteiger partial charge < -0.3 is 4.74 Å². The zero-order valence-corrected chi connectivity index (χ0v) is 11.3. The fourth-order valence-electron chi connectivity index (χ4n) is 1.92. The second-order valence-corrected chi connectivity index (χ2v) is 4.77. The third-order valence-electron chi connectivity index (χ3n) is 2.78. The van der Waals surface area contributed by atoms with Crippen LogP contribution in [0.1, 0.15) is 5.69 Å². The summed E-state index contributed by atoms with van der Waals surface area (Å²) < 4.78 is 57.1. The van der Waals surface area contributed by atoms with Gasteiger partial charge in [-0.2, -0.15) is 18.3 Å². The van der Waals surface area contributed by atoms with Crippen LogP contribution in [0.25, 0.3) is 10.9 Å². The summed E-state index contributed by atoms with van der Waals surface area (Å²) in [5, 5.41) is 5.97. The Kier molecular flexibility index (Phi) is 3.40. The van der Waals surface area contributed by atoms with E-state index in [1.165, 1.54) is 12.3 Å². The maximum Gasteiger partial charge on any atom is 0.435 e. The molecule has 0 unspecified atom stereocenters.